The third-order valence-electron chi connectivity index (χ3n) is 3.26. The minimum Gasteiger partial charge on any atom is -0.497 e. The summed E-state index contributed by atoms with van der Waals surface area (Å²) in [4.78, 5) is 0. The lowest BCUT2D eigenvalue weighted by atomic mass is 10.3. The van der Waals surface area contributed by atoms with Crippen molar-refractivity contribution in [2.75, 3.05) is 31.9 Å². The minimum atomic E-state index is 0.423. The quantitative estimate of drug-likeness (QED) is 0.555. The van der Waals surface area contributed by atoms with Crippen molar-refractivity contribution in [3.05, 3.63) is 48.5 Å². The molecule has 0 spiro atoms. The van der Waals surface area contributed by atoms with Gasteiger partial charge < -0.3 is 20.1 Å². The Hall–Kier alpha value is -2.58. The van der Waals surface area contributed by atoms with E-state index < -0.39 is 0 Å². The number of nitrogens with one attached hydrogen (secondary N) is 3. The van der Waals surface area contributed by atoms with Gasteiger partial charge in [0.25, 0.3) is 0 Å². The Bertz CT molecular complexity index is 720. The molecule has 6 nitrogen and oxygen atoms in total. The first kappa shape index (κ1) is 18.8. The molecule has 3 N–H and O–H groups in total. The fraction of sp³-hybridized carbons (Fsp3) is 0.176. The van der Waals surface area contributed by atoms with Crippen LogP contribution in [-0.2, 0) is 0 Å². The molecule has 0 fully saturated rings. The van der Waals surface area contributed by atoms with E-state index in [9.17, 15) is 0 Å². The lowest BCUT2D eigenvalue weighted by Crippen LogP contribution is -2.46. The lowest BCUT2D eigenvalue weighted by Gasteiger charge is -2.23. The lowest BCUT2D eigenvalue weighted by molar-refractivity contribution is 0.414. The fourth-order valence-electron chi connectivity index (χ4n) is 1.92. The summed E-state index contributed by atoms with van der Waals surface area (Å²) < 4.78 is 10.3. The van der Waals surface area contributed by atoms with Gasteiger partial charge in [0.2, 0.25) is 0 Å². The second-order valence-corrected chi connectivity index (χ2v) is 5.81. The van der Waals surface area contributed by atoms with Crippen molar-refractivity contribution in [1.82, 2.24) is 10.4 Å². The number of methoxy groups -OCH3 is 2. The van der Waals surface area contributed by atoms with Gasteiger partial charge in [0.05, 0.1) is 14.2 Å². The van der Waals surface area contributed by atoms with Gasteiger partial charge in [-0.3, -0.25) is 10.4 Å². The van der Waals surface area contributed by atoms with Gasteiger partial charge >= 0.3 is 0 Å². The zero-order valence-corrected chi connectivity index (χ0v) is 15.8. The first-order valence-electron chi connectivity index (χ1n) is 7.42. The molecule has 0 atom stereocenters. The van der Waals surface area contributed by atoms with Gasteiger partial charge in [-0.05, 0) is 73.0 Å². The Balaban J connectivity index is 1.85. The summed E-state index contributed by atoms with van der Waals surface area (Å²) in [5.74, 6) is 1.57. The maximum atomic E-state index is 5.35. The first-order valence-corrected chi connectivity index (χ1v) is 8.24. The van der Waals surface area contributed by atoms with Crippen molar-refractivity contribution in [3.8, 4) is 11.5 Å². The molecule has 0 aliphatic carbocycles. The van der Waals surface area contributed by atoms with Crippen molar-refractivity contribution in [2.45, 2.75) is 0 Å². The van der Waals surface area contributed by atoms with Gasteiger partial charge in [-0.15, -0.1) is 0 Å². The van der Waals surface area contributed by atoms with E-state index in [1.807, 2.05) is 48.5 Å². The standard InChI is InChI=1S/C17H20N4O2S2/c1-21(17(25)19-13-6-10-15(23-3)11-7-13)20-16(24)18-12-4-8-14(22-2)9-5-12/h4-11H,1-3H3,(H,19,25)(H2,18,20,24). The average molecular weight is 377 g/mol. The molecule has 2 rings (SSSR count). The van der Waals surface area contributed by atoms with Crippen molar-refractivity contribution in [1.29, 1.82) is 0 Å². The predicted octanol–water partition coefficient (Wildman–Crippen LogP) is 3.23. The predicted molar refractivity (Wildman–Crippen MR) is 109 cm³/mol. The number of hydrazine groups is 1. The Morgan fingerprint density at radius 2 is 1.24 bits per heavy atom. The molecular formula is C17H20N4O2S2. The number of thiocarbonyl (C=S) groups is 2. The fourth-order valence-corrected chi connectivity index (χ4v) is 2.34. The number of ether oxygens (including phenoxy) is 2. The molecule has 0 aliphatic heterocycles. The Morgan fingerprint density at radius 1 is 0.800 bits per heavy atom. The number of anilines is 2. The summed E-state index contributed by atoms with van der Waals surface area (Å²) in [6.45, 7) is 0. The zero-order chi connectivity index (χ0) is 18.2. The van der Waals surface area contributed by atoms with E-state index in [0.29, 0.717) is 10.2 Å². The second-order valence-electron chi connectivity index (χ2n) is 5.01. The van der Waals surface area contributed by atoms with Crippen LogP contribution in [0.25, 0.3) is 0 Å². The van der Waals surface area contributed by atoms with Crippen LogP contribution in [0.15, 0.2) is 48.5 Å². The summed E-state index contributed by atoms with van der Waals surface area (Å²) >= 11 is 10.6. The molecule has 0 bridgehead atoms. The van der Waals surface area contributed by atoms with Crippen LogP contribution >= 0.6 is 24.4 Å². The van der Waals surface area contributed by atoms with Crippen LogP contribution in [0.4, 0.5) is 11.4 Å². The second kappa shape index (κ2) is 9.05. The van der Waals surface area contributed by atoms with E-state index in [4.69, 9.17) is 33.9 Å². The molecule has 0 amide bonds. The molecule has 0 aromatic heterocycles. The molecule has 0 aliphatic rings. The van der Waals surface area contributed by atoms with Crippen LogP contribution < -0.4 is 25.5 Å². The van der Waals surface area contributed by atoms with E-state index >= 15 is 0 Å². The van der Waals surface area contributed by atoms with Crippen LogP contribution in [0.2, 0.25) is 0 Å². The highest BCUT2D eigenvalue weighted by Gasteiger charge is 2.07. The highest BCUT2D eigenvalue weighted by Crippen LogP contribution is 2.16. The number of hydrogen-bond donors (Lipinski definition) is 3. The van der Waals surface area contributed by atoms with E-state index in [1.165, 1.54) is 0 Å². The number of hydrogen-bond acceptors (Lipinski definition) is 4. The molecule has 0 heterocycles. The summed E-state index contributed by atoms with van der Waals surface area (Å²) in [5, 5.41) is 8.71. The summed E-state index contributed by atoms with van der Waals surface area (Å²) in [6.07, 6.45) is 0. The molecule has 0 unspecified atom stereocenters. The zero-order valence-electron chi connectivity index (χ0n) is 14.2. The van der Waals surface area contributed by atoms with Crippen LogP contribution in [0, 0.1) is 0 Å². The van der Waals surface area contributed by atoms with E-state index in [-0.39, 0.29) is 0 Å². The van der Waals surface area contributed by atoms with Gasteiger partial charge in [0.15, 0.2) is 10.2 Å². The number of rotatable bonds is 4. The Kier molecular flexibility index (Phi) is 6.79. The average Bonchev–Trinajstić information content (AvgIpc) is 2.62. The molecule has 0 saturated heterocycles. The molecule has 25 heavy (non-hydrogen) atoms. The van der Waals surface area contributed by atoms with E-state index in [0.717, 1.165) is 22.9 Å². The van der Waals surface area contributed by atoms with E-state index in [2.05, 4.69) is 16.1 Å². The van der Waals surface area contributed by atoms with Gasteiger partial charge in [-0.1, -0.05) is 0 Å². The van der Waals surface area contributed by atoms with Crippen LogP contribution in [0.5, 0.6) is 11.5 Å². The SMILES string of the molecule is COc1ccc(NC(=S)NN(C)C(=S)Nc2ccc(OC)cc2)cc1. The minimum absolute atomic E-state index is 0.423. The number of nitrogens with zero attached hydrogens (tertiary/aromatic N) is 1. The topological polar surface area (TPSA) is 57.8 Å². The first-order chi connectivity index (χ1) is 12.0. The highest BCUT2D eigenvalue weighted by atomic mass is 32.1. The maximum Gasteiger partial charge on any atom is 0.192 e. The van der Waals surface area contributed by atoms with Crippen LogP contribution in [0.3, 0.4) is 0 Å². The van der Waals surface area contributed by atoms with Gasteiger partial charge in [-0.25, -0.2) is 0 Å². The van der Waals surface area contributed by atoms with Crippen LogP contribution in [0.1, 0.15) is 0 Å². The van der Waals surface area contributed by atoms with Gasteiger partial charge in [0, 0.05) is 18.4 Å². The van der Waals surface area contributed by atoms with Gasteiger partial charge in [0.1, 0.15) is 11.5 Å². The molecule has 0 saturated carbocycles. The third-order valence-corrected chi connectivity index (χ3v) is 3.83. The van der Waals surface area contributed by atoms with Crippen molar-refractivity contribution >= 4 is 46.0 Å². The molecule has 8 heteroatoms. The number of benzene rings is 2. The van der Waals surface area contributed by atoms with E-state index in [1.54, 1.807) is 26.3 Å². The summed E-state index contributed by atoms with van der Waals surface area (Å²) in [5.41, 5.74) is 4.70. The molecule has 132 valence electrons. The molecule has 2 aromatic rings. The maximum absolute atomic E-state index is 5.35. The summed E-state index contributed by atoms with van der Waals surface area (Å²) in [6, 6.07) is 14.9. The normalized spacial score (nSPS) is 9.72. The van der Waals surface area contributed by atoms with Crippen LogP contribution in [-0.4, -0.2) is 36.5 Å². The van der Waals surface area contributed by atoms with Gasteiger partial charge in [-0.2, -0.15) is 0 Å². The third kappa shape index (κ3) is 5.77. The van der Waals surface area contributed by atoms with Crippen molar-refractivity contribution in [3.63, 3.8) is 0 Å². The largest absolute Gasteiger partial charge is 0.497 e. The van der Waals surface area contributed by atoms with Crippen molar-refractivity contribution < 1.29 is 9.47 Å². The van der Waals surface area contributed by atoms with Crippen molar-refractivity contribution in [2.24, 2.45) is 0 Å². The smallest absolute Gasteiger partial charge is 0.192 e. The molecule has 2 aromatic carbocycles. The summed E-state index contributed by atoms with van der Waals surface area (Å²) in [7, 11) is 5.03. The molecule has 0 radical (unpaired) electrons. The molecular weight excluding hydrogens is 356 g/mol. The monoisotopic (exact) mass is 376 g/mol. The Labute approximate surface area is 158 Å². The highest BCUT2D eigenvalue weighted by molar-refractivity contribution is 7.81. The Morgan fingerprint density at radius 3 is 1.68 bits per heavy atom.